The Hall–Kier alpha value is -2.51. The van der Waals surface area contributed by atoms with Crippen LogP contribution in [-0.4, -0.2) is 28.3 Å². The van der Waals surface area contributed by atoms with E-state index >= 15 is 0 Å². The molecule has 0 bridgehead atoms. The van der Waals surface area contributed by atoms with Crippen LogP contribution in [0, 0.1) is 20.2 Å². The zero-order valence-corrected chi connectivity index (χ0v) is 9.94. The summed E-state index contributed by atoms with van der Waals surface area (Å²) < 4.78 is 5.34. The van der Waals surface area contributed by atoms with Crippen molar-refractivity contribution in [1.82, 2.24) is 0 Å². The van der Waals surface area contributed by atoms with E-state index in [2.05, 4.69) is 0 Å². The first-order chi connectivity index (χ1) is 8.90. The maximum absolute atomic E-state index is 11.4. The Kier molecular flexibility index (Phi) is 3.16. The van der Waals surface area contributed by atoms with E-state index in [-0.39, 0.29) is 17.2 Å². The number of hydrogen-bond acceptors (Lipinski definition) is 6. The molecule has 1 aromatic carbocycles. The van der Waals surface area contributed by atoms with Crippen LogP contribution < -0.4 is 4.74 Å². The Balaban J connectivity index is 2.44. The number of Topliss-reactive ketones (excluding diaryl/α,β-unsaturated/α-hetero) is 1. The Bertz CT molecular complexity index is 570. The van der Waals surface area contributed by atoms with Crippen molar-refractivity contribution in [3.63, 3.8) is 0 Å². The van der Waals surface area contributed by atoms with Gasteiger partial charge in [-0.15, -0.1) is 0 Å². The maximum Gasteiger partial charge on any atom is 0.269 e. The molecule has 2 rings (SSSR count). The highest BCUT2D eigenvalue weighted by Gasteiger charge is 2.41. The average molecular weight is 266 g/mol. The van der Waals surface area contributed by atoms with Gasteiger partial charge in [0.2, 0.25) is 6.54 Å². The van der Waals surface area contributed by atoms with Gasteiger partial charge in [-0.25, -0.2) is 0 Å². The molecule has 100 valence electrons. The summed E-state index contributed by atoms with van der Waals surface area (Å²) in [6.45, 7) is 0.774. The molecule has 1 aromatic rings. The molecule has 0 aromatic heterocycles. The number of non-ortho nitro benzene ring substituents is 1. The van der Waals surface area contributed by atoms with E-state index in [1.165, 1.54) is 25.1 Å². The second-order valence-electron chi connectivity index (χ2n) is 4.25. The number of nitro groups is 2. The molecule has 1 heterocycles. The number of rotatable bonds is 4. The topological polar surface area (TPSA) is 113 Å². The van der Waals surface area contributed by atoms with Gasteiger partial charge in [0.15, 0.2) is 11.9 Å². The lowest BCUT2D eigenvalue weighted by Crippen LogP contribution is -2.31. The average Bonchev–Trinajstić information content (AvgIpc) is 2.66. The highest BCUT2D eigenvalue weighted by Crippen LogP contribution is 2.40. The van der Waals surface area contributed by atoms with E-state index in [0.717, 1.165) is 0 Å². The molecule has 0 unspecified atom stereocenters. The number of benzene rings is 1. The number of ketones is 1. The van der Waals surface area contributed by atoms with E-state index in [1.54, 1.807) is 0 Å². The molecule has 1 aliphatic heterocycles. The van der Waals surface area contributed by atoms with Gasteiger partial charge < -0.3 is 4.74 Å². The minimum Gasteiger partial charge on any atom is -0.481 e. The lowest BCUT2D eigenvalue weighted by molar-refractivity contribution is -0.484. The molecule has 8 nitrogen and oxygen atoms in total. The first-order valence-corrected chi connectivity index (χ1v) is 5.47. The molecule has 19 heavy (non-hydrogen) atoms. The molecule has 0 N–H and O–H groups in total. The quantitative estimate of drug-likeness (QED) is 0.599. The van der Waals surface area contributed by atoms with Gasteiger partial charge in [0, 0.05) is 22.6 Å². The third kappa shape index (κ3) is 2.37. The summed E-state index contributed by atoms with van der Waals surface area (Å²) in [7, 11) is 0. The van der Waals surface area contributed by atoms with Crippen molar-refractivity contribution >= 4 is 11.5 Å². The third-order valence-corrected chi connectivity index (χ3v) is 2.97. The second-order valence-corrected chi connectivity index (χ2v) is 4.25. The number of nitro benzene ring substituents is 1. The molecule has 2 atom stereocenters. The van der Waals surface area contributed by atoms with Crippen LogP contribution in [0.5, 0.6) is 5.75 Å². The van der Waals surface area contributed by atoms with Gasteiger partial charge in [0.1, 0.15) is 5.75 Å². The van der Waals surface area contributed by atoms with Gasteiger partial charge in [-0.05, 0) is 13.0 Å². The second kappa shape index (κ2) is 4.63. The van der Waals surface area contributed by atoms with Crippen molar-refractivity contribution in [1.29, 1.82) is 0 Å². The Morgan fingerprint density at radius 2 is 2.05 bits per heavy atom. The summed E-state index contributed by atoms with van der Waals surface area (Å²) in [5.41, 5.74) is 0.158. The summed E-state index contributed by atoms with van der Waals surface area (Å²) >= 11 is 0. The van der Waals surface area contributed by atoms with Crippen LogP contribution >= 0.6 is 0 Å². The summed E-state index contributed by atoms with van der Waals surface area (Å²) in [4.78, 5) is 31.7. The number of carbonyl (C=O) groups excluding carboxylic acids is 1. The maximum atomic E-state index is 11.4. The van der Waals surface area contributed by atoms with Gasteiger partial charge in [0.25, 0.3) is 5.69 Å². The van der Waals surface area contributed by atoms with E-state index in [9.17, 15) is 25.0 Å². The largest absolute Gasteiger partial charge is 0.481 e. The zero-order valence-electron chi connectivity index (χ0n) is 9.94. The van der Waals surface area contributed by atoms with Crippen LogP contribution in [0.2, 0.25) is 0 Å². The van der Waals surface area contributed by atoms with Gasteiger partial charge in [0.05, 0.1) is 10.8 Å². The standard InChI is InChI=1S/C11H10N2O6/c1-6(14)11-9(5-12(15)16)8-4-7(13(17)18)2-3-10(8)19-11/h2-4,9,11H,5H2,1H3/t9-,11+/m1/s1. The van der Waals surface area contributed by atoms with Gasteiger partial charge in [-0.1, -0.05) is 0 Å². The molecule has 0 amide bonds. The summed E-state index contributed by atoms with van der Waals surface area (Å²) in [5, 5.41) is 21.4. The molecule has 0 spiro atoms. The number of nitrogens with zero attached hydrogens (tertiary/aromatic N) is 2. The fraction of sp³-hybridized carbons (Fsp3) is 0.364. The van der Waals surface area contributed by atoms with Crippen molar-refractivity contribution in [2.24, 2.45) is 0 Å². The number of fused-ring (bicyclic) bond motifs is 1. The SMILES string of the molecule is CC(=O)[C@@H]1Oc2ccc([N+](=O)[O-])cc2[C@H]1C[N+](=O)[O-]. The van der Waals surface area contributed by atoms with Crippen LogP contribution in [-0.2, 0) is 4.79 Å². The van der Waals surface area contributed by atoms with Crippen molar-refractivity contribution in [3.8, 4) is 5.75 Å². The van der Waals surface area contributed by atoms with Crippen molar-refractivity contribution in [3.05, 3.63) is 44.0 Å². The van der Waals surface area contributed by atoms with Crippen LogP contribution in [0.25, 0.3) is 0 Å². The molecular weight excluding hydrogens is 256 g/mol. The fourth-order valence-electron chi connectivity index (χ4n) is 2.15. The minimum absolute atomic E-state index is 0.181. The Labute approximate surface area is 107 Å². The summed E-state index contributed by atoms with van der Waals surface area (Å²) in [6.07, 6.45) is -0.956. The fourth-order valence-corrected chi connectivity index (χ4v) is 2.15. The normalized spacial score (nSPS) is 20.5. The lowest BCUT2D eigenvalue weighted by Gasteiger charge is -2.12. The summed E-state index contributed by atoms with van der Waals surface area (Å²) in [6, 6.07) is 3.83. The number of ether oxygens (including phenoxy) is 1. The molecule has 0 saturated carbocycles. The van der Waals surface area contributed by atoms with Gasteiger partial charge in [-0.3, -0.25) is 25.0 Å². The monoisotopic (exact) mass is 266 g/mol. The third-order valence-electron chi connectivity index (χ3n) is 2.97. The lowest BCUT2D eigenvalue weighted by atomic mass is 9.93. The van der Waals surface area contributed by atoms with Crippen molar-refractivity contribution in [2.45, 2.75) is 18.9 Å². The van der Waals surface area contributed by atoms with Crippen LogP contribution in [0.4, 0.5) is 5.69 Å². The van der Waals surface area contributed by atoms with Crippen molar-refractivity contribution < 1.29 is 19.4 Å². The highest BCUT2D eigenvalue weighted by molar-refractivity contribution is 5.83. The van der Waals surface area contributed by atoms with E-state index < -0.39 is 28.4 Å². The molecule has 8 heteroatoms. The molecule has 0 fully saturated rings. The van der Waals surface area contributed by atoms with E-state index in [4.69, 9.17) is 4.74 Å². The molecule has 0 aliphatic carbocycles. The van der Waals surface area contributed by atoms with Crippen LogP contribution in [0.15, 0.2) is 18.2 Å². The molecule has 0 saturated heterocycles. The Morgan fingerprint density at radius 1 is 1.37 bits per heavy atom. The number of carbonyl (C=O) groups is 1. The van der Waals surface area contributed by atoms with E-state index in [0.29, 0.717) is 5.56 Å². The minimum atomic E-state index is -0.956. The van der Waals surface area contributed by atoms with Gasteiger partial charge >= 0.3 is 0 Å². The van der Waals surface area contributed by atoms with Crippen LogP contribution in [0.1, 0.15) is 18.4 Å². The van der Waals surface area contributed by atoms with Gasteiger partial charge in [-0.2, -0.15) is 0 Å². The predicted molar refractivity (Wildman–Crippen MR) is 62.8 cm³/mol. The van der Waals surface area contributed by atoms with E-state index in [1.807, 2.05) is 0 Å². The zero-order chi connectivity index (χ0) is 14.2. The molecule has 1 aliphatic rings. The molecule has 0 radical (unpaired) electrons. The smallest absolute Gasteiger partial charge is 0.269 e. The van der Waals surface area contributed by atoms with Crippen molar-refractivity contribution in [2.75, 3.05) is 6.54 Å². The predicted octanol–water partition coefficient (Wildman–Crippen LogP) is 1.31. The first kappa shape index (κ1) is 12.9. The van der Waals surface area contributed by atoms with Crippen LogP contribution in [0.3, 0.4) is 0 Å². The highest BCUT2D eigenvalue weighted by atomic mass is 16.6. The number of hydrogen-bond donors (Lipinski definition) is 0. The summed E-state index contributed by atoms with van der Waals surface area (Å²) in [5.74, 6) is -0.842. The first-order valence-electron chi connectivity index (χ1n) is 5.47. The Morgan fingerprint density at radius 3 is 2.58 bits per heavy atom. The molecular formula is C11H10N2O6.